The van der Waals surface area contributed by atoms with Crippen LogP contribution in [-0.4, -0.2) is 22.2 Å². The van der Waals surface area contributed by atoms with Crippen molar-refractivity contribution in [2.75, 3.05) is 0 Å². The highest BCUT2D eigenvalue weighted by atomic mass is 16.4. The number of aliphatic carboxylic acids is 1. The van der Waals surface area contributed by atoms with E-state index in [9.17, 15) is 9.90 Å². The molecule has 0 bridgehead atoms. The lowest BCUT2D eigenvalue weighted by Crippen LogP contribution is -2.33. The summed E-state index contributed by atoms with van der Waals surface area (Å²) in [7, 11) is 0. The second-order valence-electron chi connectivity index (χ2n) is 4.70. The standard InChI is InChI=1S/C14H21NO3/c1-3-10(8-12(15)14(17)18)9(2)11-6-4-5-7-13(11)16/h4-7,9-10,12,16H,3,8,15H2,1-2H3,(H,17,18). The van der Waals surface area contributed by atoms with Gasteiger partial charge >= 0.3 is 5.97 Å². The van der Waals surface area contributed by atoms with Crippen LogP contribution in [0.5, 0.6) is 5.75 Å². The van der Waals surface area contributed by atoms with E-state index in [-0.39, 0.29) is 17.6 Å². The van der Waals surface area contributed by atoms with Gasteiger partial charge in [0, 0.05) is 0 Å². The first-order valence-electron chi connectivity index (χ1n) is 6.23. The first-order chi connectivity index (χ1) is 8.47. The summed E-state index contributed by atoms with van der Waals surface area (Å²) in [5, 5.41) is 18.7. The van der Waals surface area contributed by atoms with E-state index in [0.717, 1.165) is 12.0 Å². The molecule has 1 aromatic carbocycles. The molecule has 0 aliphatic rings. The average molecular weight is 251 g/mol. The van der Waals surface area contributed by atoms with Gasteiger partial charge in [0.2, 0.25) is 0 Å². The van der Waals surface area contributed by atoms with E-state index in [2.05, 4.69) is 0 Å². The Morgan fingerprint density at radius 2 is 2.00 bits per heavy atom. The van der Waals surface area contributed by atoms with Crippen molar-refractivity contribution < 1.29 is 15.0 Å². The van der Waals surface area contributed by atoms with Crippen LogP contribution in [0.15, 0.2) is 24.3 Å². The summed E-state index contributed by atoms with van der Waals surface area (Å²) in [6.45, 7) is 4.01. The van der Waals surface area contributed by atoms with Crippen molar-refractivity contribution in [2.45, 2.75) is 38.6 Å². The zero-order valence-electron chi connectivity index (χ0n) is 10.8. The summed E-state index contributed by atoms with van der Waals surface area (Å²) in [5.41, 5.74) is 6.43. The molecule has 0 spiro atoms. The molecule has 18 heavy (non-hydrogen) atoms. The van der Waals surface area contributed by atoms with Gasteiger partial charge in [0.05, 0.1) is 0 Å². The van der Waals surface area contributed by atoms with Crippen molar-refractivity contribution in [1.29, 1.82) is 0 Å². The van der Waals surface area contributed by atoms with Crippen molar-refractivity contribution in [2.24, 2.45) is 11.7 Å². The molecule has 0 fully saturated rings. The Balaban J connectivity index is 2.83. The lowest BCUT2D eigenvalue weighted by molar-refractivity contribution is -0.139. The topological polar surface area (TPSA) is 83.6 Å². The minimum Gasteiger partial charge on any atom is -0.508 e. The smallest absolute Gasteiger partial charge is 0.320 e. The van der Waals surface area contributed by atoms with E-state index in [1.165, 1.54) is 0 Å². The molecule has 0 aliphatic carbocycles. The van der Waals surface area contributed by atoms with E-state index in [1.807, 2.05) is 26.0 Å². The van der Waals surface area contributed by atoms with Crippen molar-refractivity contribution in [1.82, 2.24) is 0 Å². The minimum absolute atomic E-state index is 0.0848. The average Bonchev–Trinajstić information content (AvgIpc) is 2.35. The first-order valence-corrected chi connectivity index (χ1v) is 6.23. The van der Waals surface area contributed by atoms with Crippen LogP contribution in [-0.2, 0) is 4.79 Å². The van der Waals surface area contributed by atoms with Gasteiger partial charge in [0.15, 0.2) is 0 Å². The molecular formula is C14H21NO3. The highest BCUT2D eigenvalue weighted by Crippen LogP contribution is 2.34. The lowest BCUT2D eigenvalue weighted by Gasteiger charge is -2.25. The molecule has 3 atom stereocenters. The molecule has 1 aromatic rings. The highest BCUT2D eigenvalue weighted by molar-refractivity contribution is 5.73. The summed E-state index contributed by atoms with van der Waals surface area (Å²) in [4.78, 5) is 10.8. The van der Waals surface area contributed by atoms with E-state index < -0.39 is 12.0 Å². The third-order valence-electron chi connectivity index (χ3n) is 3.53. The third-order valence-corrected chi connectivity index (χ3v) is 3.53. The number of phenols is 1. The summed E-state index contributed by atoms with van der Waals surface area (Å²) in [5.74, 6) is -0.490. The maximum absolute atomic E-state index is 10.8. The fraction of sp³-hybridized carbons (Fsp3) is 0.500. The van der Waals surface area contributed by atoms with Crippen LogP contribution < -0.4 is 5.73 Å². The zero-order valence-corrected chi connectivity index (χ0v) is 10.8. The normalized spacial score (nSPS) is 15.9. The number of hydrogen-bond donors (Lipinski definition) is 3. The second-order valence-corrected chi connectivity index (χ2v) is 4.70. The maximum Gasteiger partial charge on any atom is 0.320 e. The minimum atomic E-state index is -0.974. The number of rotatable bonds is 6. The molecule has 0 radical (unpaired) electrons. The third kappa shape index (κ3) is 3.47. The molecule has 100 valence electrons. The predicted molar refractivity (Wildman–Crippen MR) is 70.5 cm³/mol. The van der Waals surface area contributed by atoms with Gasteiger partial charge < -0.3 is 15.9 Å². The Morgan fingerprint density at radius 3 is 2.50 bits per heavy atom. The summed E-state index contributed by atoms with van der Waals surface area (Å²) < 4.78 is 0. The number of carboxylic acid groups (broad SMARTS) is 1. The largest absolute Gasteiger partial charge is 0.508 e. The fourth-order valence-corrected chi connectivity index (χ4v) is 2.28. The van der Waals surface area contributed by atoms with Gasteiger partial charge in [-0.05, 0) is 29.9 Å². The summed E-state index contributed by atoms with van der Waals surface area (Å²) in [6.07, 6.45) is 1.25. The Labute approximate surface area is 107 Å². The molecule has 0 amide bonds. The number of carboxylic acids is 1. The molecule has 0 saturated heterocycles. The van der Waals surface area contributed by atoms with Crippen LogP contribution in [0.2, 0.25) is 0 Å². The molecule has 3 unspecified atom stereocenters. The van der Waals surface area contributed by atoms with Crippen LogP contribution in [0.25, 0.3) is 0 Å². The number of benzene rings is 1. The van der Waals surface area contributed by atoms with Gasteiger partial charge in [0.1, 0.15) is 11.8 Å². The molecule has 0 aliphatic heterocycles. The molecule has 4 nitrogen and oxygen atoms in total. The second kappa shape index (κ2) is 6.40. The van der Waals surface area contributed by atoms with Crippen LogP contribution in [0, 0.1) is 5.92 Å². The number of para-hydroxylation sites is 1. The van der Waals surface area contributed by atoms with Gasteiger partial charge in [-0.25, -0.2) is 0 Å². The number of aromatic hydroxyl groups is 1. The summed E-state index contributed by atoms with van der Waals surface area (Å²) in [6, 6.07) is 6.32. The van der Waals surface area contributed by atoms with Crippen molar-refractivity contribution in [3.63, 3.8) is 0 Å². The molecule has 0 aromatic heterocycles. The highest BCUT2D eigenvalue weighted by Gasteiger charge is 2.24. The van der Waals surface area contributed by atoms with E-state index in [4.69, 9.17) is 10.8 Å². The maximum atomic E-state index is 10.8. The quantitative estimate of drug-likeness (QED) is 0.724. The van der Waals surface area contributed by atoms with Crippen LogP contribution in [0.3, 0.4) is 0 Å². The number of carbonyl (C=O) groups is 1. The Morgan fingerprint density at radius 1 is 1.39 bits per heavy atom. The number of phenolic OH excluding ortho intramolecular Hbond substituents is 1. The molecular weight excluding hydrogens is 230 g/mol. The number of nitrogens with two attached hydrogens (primary N) is 1. The molecule has 0 saturated carbocycles. The number of hydrogen-bond acceptors (Lipinski definition) is 3. The zero-order chi connectivity index (χ0) is 13.7. The lowest BCUT2D eigenvalue weighted by atomic mass is 9.81. The Kier molecular flexibility index (Phi) is 5.16. The monoisotopic (exact) mass is 251 g/mol. The Bertz CT molecular complexity index is 406. The van der Waals surface area contributed by atoms with E-state index >= 15 is 0 Å². The fourth-order valence-electron chi connectivity index (χ4n) is 2.28. The summed E-state index contributed by atoms with van der Waals surface area (Å²) >= 11 is 0. The van der Waals surface area contributed by atoms with Gasteiger partial charge in [0.25, 0.3) is 0 Å². The van der Waals surface area contributed by atoms with Crippen molar-refractivity contribution in [3.8, 4) is 5.75 Å². The molecule has 4 heteroatoms. The van der Waals surface area contributed by atoms with E-state index in [1.54, 1.807) is 12.1 Å². The van der Waals surface area contributed by atoms with Crippen LogP contribution in [0.1, 0.15) is 38.2 Å². The molecule has 4 N–H and O–H groups in total. The van der Waals surface area contributed by atoms with Crippen molar-refractivity contribution >= 4 is 5.97 Å². The van der Waals surface area contributed by atoms with Crippen molar-refractivity contribution in [3.05, 3.63) is 29.8 Å². The van der Waals surface area contributed by atoms with Gasteiger partial charge in [-0.15, -0.1) is 0 Å². The predicted octanol–water partition coefficient (Wildman–Crippen LogP) is 2.32. The SMILES string of the molecule is CCC(CC(N)C(=O)O)C(C)c1ccccc1O. The van der Waals surface area contributed by atoms with Crippen LogP contribution in [0.4, 0.5) is 0 Å². The molecule has 1 rings (SSSR count). The Hall–Kier alpha value is -1.55. The first kappa shape index (κ1) is 14.5. The van der Waals surface area contributed by atoms with Gasteiger partial charge in [-0.3, -0.25) is 4.79 Å². The van der Waals surface area contributed by atoms with Crippen LogP contribution >= 0.6 is 0 Å². The van der Waals surface area contributed by atoms with Gasteiger partial charge in [-0.1, -0.05) is 38.5 Å². The molecule has 0 heterocycles. The van der Waals surface area contributed by atoms with Gasteiger partial charge in [-0.2, -0.15) is 0 Å². The van der Waals surface area contributed by atoms with E-state index in [0.29, 0.717) is 6.42 Å².